The van der Waals surface area contributed by atoms with Gasteiger partial charge in [-0.15, -0.1) is 0 Å². The smallest absolute Gasteiger partial charge is 0.276 e. The minimum Gasteiger partial charge on any atom is -0.486 e. The van der Waals surface area contributed by atoms with Gasteiger partial charge in [-0.05, 0) is 32.0 Å². The molecule has 0 bridgehead atoms. The maximum absolute atomic E-state index is 12.9. The van der Waals surface area contributed by atoms with Gasteiger partial charge in [-0.2, -0.15) is 5.10 Å². The van der Waals surface area contributed by atoms with E-state index in [-0.39, 0.29) is 17.3 Å². The van der Waals surface area contributed by atoms with E-state index < -0.39 is 5.91 Å². The lowest BCUT2D eigenvalue weighted by molar-refractivity contribution is 0.102. The number of aromatic nitrogens is 2. The number of anilines is 1. The third-order valence-corrected chi connectivity index (χ3v) is 4.33. The normalized spacial score (nSPS) is 13.0. The highest BCUT2D eigenvalue weighted by Gasteiger charge is 2.19. The molecule has 2 aromatic carbocycles. The Labute approximate surface area is 155 Å². The molecule has 2 heterocycles. The third kappa shape index (κ3) is 3.12. The molecule has 3 aromatic rings. The van der Waals surface area contributed by atoms with Crippen molar-refractivity contribution in [1.82, 2.24) is 9.78 Å². The summed E-state index contributed by atoms with van der Waals surface area (Å²) in [6, 6.07) is 12.0. The molecule has 0 spiro atoms. The second-order valence-corrected chi connectivity index (χ2v) is 6.55. The second-order valence-electron chi connectivity index (χ2n) is 6.55. The van der Waals surface area contributed by atoms with Gasteiger partial charge in [0.15, 0.2) is 17.2 Å². The zero-order chi connectivity index (χ0) is 19.0. The van der Waals surface area contributed by atoms with Gasteiger partial charge in [0.25, 0.3) is 11.5 Å². The highest BCUT2D eigenvalue weighted by Crippen LogP contribution is 2.32. The fourth-order valence-electron chi connectivity index (χ4n) is 3.04. The van der Waals surface area contributed by atoms with Crippen LogP contribution in [0.4, 0.5) is 5.69 Å². The van der Waals surface area contributed by atoms with Gasteiger partial charge in [0.1, 0.15) is 13.2 Å². The summed E-state index contributed by atoms with van der Waals surface area (Å²) >= 11 is 0. The van der Waals surface area contributed by atoms with Gasteiger partial charge in [0, 0.05) is 17.1 Å². The Bertz CT molecular complexity index is 1090. The molecule has 1 aliphatic rings. The molecular formula is C20H19N3O4. The first-order chi connectivity index (χ1) is 13.0. The highest BCUT2D eigenvalue weighted by atomic mass is 16.6. The molecule has 7 heteroatoms. The fourth-order valence-corrected chi connectivity index (χ4v) is 3.04. The van der Waals surface area contributed by atoms with Crippen LogP contribution >= 0.6 is 0 Å². The van der Waals surface area contributed by atoms with Gasteiger partial charge >= 0.3 is 0 Å². The molecule has 1 N–H and O–H groups in total. The van der Waals surface area contributed by atoms with E-state index in [2.05, 4.69) is 10.4 Å². The molecule has 1 aliphatic heterocycles. The van der Waals surface area contributed by atoms with E-state index in [0.29, 0.717) is 41.2 Å². The summed E-state index contributed by atoms with van der Waals surface area (Å²) in [6.07, 6.45) is 0. The van der Waals surface area contributed by atoms with Crippen molar-refractivity contribution in [1.29, 1.82) is 0 Å². The number of rotatable bonds is 3. The monoisotopic (exact) mass is 365 g/mol. The van der Waals surface area contributed by atoms with Gasteiger partial charge in [0.2, 0.25) is 0 Å². The van der Waals surface area contributed by atoms with Crippen molar-refractivity contribution in [3.8, 4) is 11.5 Å². The number of carbonyl (C=O) groups excluding carboxylic acids is 1. The molecule has 7 nitrogen and oxygen atoms in total. The van der Waals surface area contributed by atoms with Crippen molar-refractivity contribution < 1.29 is 14.3 Å². The summed E-state index contributed by atoms with van der Waals surface area (Å²) in [5.74, 6) is 0.845. The van der Waals surface area contributed by atoms with E-state index in [9.17, 15) is 9.59 Å². The number of ether oxygens (including phenoxy) is 2. The SMILES string of the molecule is CC(C)n1nc(C(=O)Nc2ccc3c(c2)OCCO3)c2ccccc2c1=O. The second kappa shape index (κ2) is 6.75. The quantitative estimate of drug-likeness (QED) is 0.771. The Hall–Kier alpha value is -3.35. The van der Waals surface area contributed by atoms with E-state index in [1.165, 1.54) is 4.68 Å². The third-order valence-electron chi connectivity index (χ3n) is 4.33. The summed E-state index contributed by atoms with van der Waals surface area (Å²) in [4.78, 5) is 25.5. The average Bonchev–Trinajstić information content (AvgIpc) is 2.68. The van der Waals surface area contributed by atoms with E-state index in [1.807, 2.05) is 13.8 Å². The van der Waals surface area contributed by atoms with Crippen molar-refractivity contribution in [2.45, 2.75) is 19.9 Å². The Morgan fingerprint density at radius 3 is 2.52 bits per heavy atom. The number of amides is 1. The van der Waals surface area contributed by atoms with Crippen LogP contribution in [0.5, 0.6) is 11.5 Å². The molecule has 4 rings (SSSR count). The minimum absolute atomic E-state index is 0.164. The number of fused-ring (bicyclic) bond motifs is 2. The van der Waals surface area contributed by atoms with Crippen molar-refractivity contribution >= 4 is 22.4 Å². The summed E-state index contributed by atoms with van der Waals surface area (Å²) in [7, 11) is 0. The first-order valence-electron chi connectivity index (χ1n) is 8.77. The molecule has 0 fully saturated rings. The first kappa shape index (κ1) is 17.1. The molecule has 0 saturated heterocycles. The summed E-state index contributed by atoms with van der Waals surface area (Å²) in [5.41, 5.74) is 0.558. The lowest BCUT2D eigenvalue weighted by Crippen LogP contribution is -2.29. The highest BCUT2D eigenvalue weighted by molar-refractivity contribution is 6.11. The maximum Gasteiger partial charge on any atom is 0.276 e. The Balaban J connectivity index is 1.74. The van der Waals surface area contributed by atoms with Crippen molar-refractivity contribution in [3.05, 3.63) is 58.5 Å². The lowest BCUT2D eigenvalue weighted by Gasteiger charge is -2.19. The predicted octanol–water partition coefficient (Wildman–Crippen LogP) is 3.00. The molecule has 1 aromatic heterocycles. The lowest BCUT2D eigenvalue weighted by atomic mass is 10.1. The minimum atomic E-state index is -0.391. The average molecular weight is 365 g/mol. The van der Waals surface area contributed by atoms with E-state index in [0.717, 1.165) is 0 Å². The molecule has 0 atom stereocenters. The van der Waals surface area contributed by atoms with Crippen molar-refractivity contribution in [3.63, 3.8) is 0 Å². The zero-order valence-electron chi connectivity index (χ0n) is 15.1. The van der Waals surface area contributed by atoms with E-state index in [4.69, 9.17) is 9.47 Å². The summed E-state index contributed by atoms with van der Waals surface area (Å²) in [6.45, 7) is 4.68. The van der Waals surface area contributed by atoms with Gasteiger partial charge in [-0.3, -0.25) is 9.59 Å². The molecule has 27 heavy (non-hydrogen) atoms. The van der Waals surface area contributed by atoms with Crippen LogP contribution in [-0.2, 0) is 0 Å². The van der Waals surface area contributed by atoms with Crippen molar-refractivity contribution in [2.75, 3.05) is 18.5 Å². The van der Waals surface area contributed by atoms with E-state index in [1.54, 1.807) is 42.5 Å². The standard InChI is InChI=1S/C20H19N3O4/c1-12(2)23-20(25)15-6-4-3-5-14(15)18(22-23)19(24)21-13-7-8-16-17(11-13)27-10-9-26-16/h3-8,11-12H,9-10H2,1-2H3,(H,21,24). The van der Waals surface area contributed by atoms with Crippen LogP contribution in [0, 0.1) is 0 Å². The van der Waals surface area contributed by atoms with Gasteiger partial charge in [-0.1, -0.05) is 18.2 Å². The molecule has 138 valence electrons. The van der Waals surface area contributed by atoms with Gasteiger partial charge < -0.3 is 14.8 Å². The number of nitrogens with one attached hydrogen (secondary N) is 1. The number of hydrogen-bond donors (Lipinski definition) is 1. The molecule has 0 aliphatic carbocycles. The molecular weight excluding hydrogens is 346 g/mol. The Kier molecular flexibility index (Phi) is 4.27. The van der Waals surface area contributed by atoms with Crippen LogP contribution in [0.15, 0.2) is 47.3 Å². The molecule has 1 amide bonds. The van der Waals surface area contributed by atoms with E-state index >= 15 is 0 Å². The molecule has 0 saturated carbocycles. The van der Waals surface area contributed by atoms with Crippen LogP contribution in [0.3, 0.4) is 0 Å². The van der Waals surface area contributed by atoms with Crippen LogP contribution < -0.4 is 20.3 Å². The molecule has 0 radical (unpaired) electrons. The van der Waals surface area contributed by atoms with Crippen LogP contribution in [0.1, 0.15) is 30.4 Å². The van der Waals surface area contributed by atoms with Crippen LogP contribution in [0.25, 0.3) is 10.8 Å². The Morgan fingerprint density at radius 1 is 1.07 bits per heavy atom. The largest absolute Gasteiger partial charge is 0.486 e. The number of benzene rings is 2. The molecule has 0 unspecified atom stereocenters. The topological polar surface area (TPSA) is 82.5 Å². The van der Waals surface area contributed by atoms with Crippen LogP contribution in [0.2, 0.25) is 0 Å². The van der Waals surface area contributed by atoms with Crippen LogP contribution in [-0.4, -0.2) is 28.9 Å². The predicted molar refractivity (Wildman–Crippen MR) is 102 cm³/mol. The van der Waals surface area contributed by atoms with Gasteiger partial charge in [0.05, 0.1) is 11.4 Å². The Morgan fingerprint density at radius 2 is 1.78 bits per heavy atom. The van der Waals surface area contributed by atoms with Crippen molar-refractivity contribution in [2.24, 2.45) is 0 Å². The maximum atomic E-state index is 12.9. The zero-order valence-corrected chi connectivity index (χ0v) is 15.1. The summed E-state index contributed by atoms with van der Waals surface area (Å²) in [5, 5.41) is 8.14. The first-order valence-corrected chi connectivity index (χ1v) is 8.77. The van der Waals surface area contributed by atoms with Gasteiger partial charge in [-0.25, -0.2) is 4.68 Å². The number of carbonyl (C=O) groups is 1. The summed E-state index contributed by atoms with van der Waals surface area (Å²) < 4.78 is 12.4. The number of nitrogens with zero attached hydrogens (tertiary/aromatic N) is 2. The number of hydrogen-bond acceptors (Lipinski definition) is 5. The fraction of sp³-hybridized carbons (Fsp3) is 0.250.